The fraction of sp³-hybridized carbons (Fsp3) is 0.143. The van der Waals surface area contributed by atoms with Crippen LogP contribution in [-0.2, 0) is 0 Å². The topological polar surface area (TPSA) is 4.93 Å². The molecule has 3 rings (SSSR count). The van der Waals surface area contributed by atoms with Crippen molar-refractivity contribution in [1.29, 1.82) is 0 Å². The van der Waals surface area contributed by atoms with Gasteiger partial charge in [0.05, 0.1) is 11.0 Å². The van der Waals surface area contributed by atoms with Crippen molar-refractivity contribution in [3.05, 3.63) is 48.5 Å². The number of hydrogen-bond acceptors (Lipinski definition) is 0. The Kier molecular flexibility index (Phi) is 2.41. The predicted octanol–water partition coefficient (Wildman–Crippen LogP) is 4.26. The number of nitrogens with zero attached hydrogens (tertiary/aromatic N) is 1. The summed E-state index contributed by atoms with van der Waals surface area (Å²) in [5.41, 5.74) is 2.73. The summed E-state index contributed by atoms with van der Waals surface area (Å²) in [6.45, 7) is 2.24. The molecule has 0 N–H and O–H groups in total. The van der Waals surface area contributed by atoms with Crippen molar-refractivity contribution in [1.82, 2.24) is 4.34 Å². The van der Waals surface area contributed by atoms with Crippen molar-refractivity contribution in [2.45, 2.75) is 6.92 Å². The Morgan fingerprint density at radius 2 is 1.38 bits per heavy atom. The van der Waals surface area contributed by atoms with Crippen LogP contribution in [0.3, 0.4) is 0 Å². The van der Waals surface area contributed by atoms with Gasteiger partial charge in [0.15, 0.2) is 0 Å². The predicted molar refractivity (Wildman–Crippen MR) is 73.7 cm³/mol. The van der Waals surface area contributed by atoms with Crippen LogP contribution in [0.2, 0.25) is 0 Å². The molecule has 1 atom stereocenters. The highest BCUT2D eigenvalue weighted by molar-refractivity contribution is 7.36. The van der Waals surface area contributed by atoms with E-state index >= 15 is 0 Å². The SMILES string of the molecule is CCPn1c2ccccc2c2ccccc21. The third kappa shape index (κ3) is 1.36. The van der Waals surface area contributed by atoms with Crippen LogP contribution in [0.5, 0.6) is 0 Å². The smallest absolute Gasteiger partial charge is 0.0523 e. The molecule has 0 bridgehead atoms. The summed E-state index contributed by atoms with van der Waals surface area (Å²) in [7, 11) is 0.836. The van der Waals surface area contributed by atoms with Gasteiger partial charge in [0.2, 0.25) is 0 Å². The maximum Gasteiger partial charge on any atom is 0.0523 e. The third-order valence-corrected chi connectivity index (χ3v) is 4.01. The Morgan fingerprint density at radius 1 is 0.875 bits per heavy atom. The van der Waals surface area contributed by atoms with E-state index in [2.05, 4.69) is 59.8 Å². The van der Waals surface area contributed by atoms with E-state index in [-0.39, 0.29) is 0 Å². The van der Waals surface area contributed by atoms with E-state index in [1.165, 1.54) is 28.0 Å². The second kappa shape index (κ2) is 3.92. The Bertz CT molecular complexity index is 586. The van der Waals surface area contributed by atoms with Gasteiger partial charge in [0.1, 0.15) is 0 Å². The van der Waals surface area contributed by atoms with E-state index in [1.54, 1.807) is 0 Å². The summed E-state index contributed by atoms with van der Waals surface area (Å²) < 4.78 is 2.45. The standard InChI is InChI=1S/C14H14NP/c1-2-16-15-13-9-5-3-7-11(13)12-8-4-6-10-14(12)15/h3-10,16H,2H2,1H3. The number of benzene rings is 2. The molecule has 0 amide bonds. The summed E-state index contributed by atoms with van der Waals surface area (Å²) in [6.07, 6.45) is 1.20. The van der Waals surface area contributed by atoms with Gasteiger partial charge < -0.3 is 4.34 Å². The molecular formula is C14H14NP. The Morgan fingerprint density at radius 3 is 1.88 bits per heavy atom. The van der Waals surface area contributed by atoms with E-state index in [4.69, 9.17) is 0 Å². The first-order chi connectivity index (χ1) is 7.92. The molecule has 1 nitrogen and oxygen atoms in total. The average molecular weight is 227 g/mol. The van der Waals surface area contributed by atoms with Gasteiger partial charge in [-0.3, -0.25) is 0 Å². The molecule has 0 saturated carbocycles. The zero-order chi connectivity index (χ0) is 11.0. The lowest BCUT2D eigenvalue weighted by molar-refractivity contribution is 1.36. The maximum absolute atomic E-state index is 2.45. The van der Waals surface area contributed by atoms with Gasteiger partial charge in [-0.2, -0.15) is 0 Å². The number of hydrogen-bond donors (Lipinski definition) is 0. The van der Waals surface area contributed by atoms with Crippen molar-refractivity contribution in [2.75, 3.05) is 6.16 Å². The minimum absolute atomic E-state index is 0.836. The molecular weight excluding hydrogens is 213 g/mol. The molecule has 2 heteroatoms. The van der Waals surface area contributed by atoms with Crippen molar-refractivity contribution in [2.24, 2.45) is 0 Å². The van der Waals surface area contributed by atoms with Gasteiger partial charge in [0, 0.05) is 10.8 Å². The van der Waals surface area contributed by atoms with E-state index in [0.717, 1.165) is 8.73 Å². The van der Waals surface area contributed by atoms with E-state index in [0.29, 0.717) is 0 Å². The molecule has 0 aliphatic rings. The van der Waals surface area contributed by atoms with Crippen LogP contribution in [0.15, 0.2) is 48.5 Å². The Labute approximate surface area is 96.9 Å². The highest BCUT2D eigenvalue weighted by atomic mass is 31.1. The minimum Gasteiger partial charge on any atom is -0.322 e. The number of aromatic nitrogens is 1. The van der Waals surface area contributed by atoms with Gasteiger partial charge in [-0.1, -0.05) is 43.3 Å². The van der Waals surface area contributed by atoms with Crippen LogP contribution in [0.4, 0.5) is 0 Å². The zero-order valence-corrected chi connectivity index (χ0v) is 10.3. The van der Waals surface area contributed by atoms with Crippen molar-refractivity contribution < 1.29 is 0 Å². The fourth-order valence-corrected chi connectivity index (χ4v) is 3.30. The van der Waals surface area contributed by atoms with Gasteiger partial charge in [-0.05, 0) is 27.0 Å². The molecule has 0 saturated heterocycles. The molecule has 0 aliphatic heterocycles. The monoisotopic (exact) mass is 227 g/mol. The van der Waals surface area contributed by atoms with Crippen LogP contribution in [0.1, 0.15) is 6.92 Å². The highest BCUT2D eigenvalue weighted by Gasteiger charge is 2.07. The lowest BCUT2D eigenvalue weighted by Crippen LogP contribution is -1.83. The van der Waals surface area contributed by atoms with Crippen LogP contribution in [-0.4, -0.2) is 10.5 Å². The maximum atomic E-state index is 2.45. The summed E-state index contributed by atoms with van der Waals surface area (Å²) >= 11 is 0. The molecule has 1 unspecified atom stereocenters. The summed E-state index contributed by atoms with van der Waals surface area (Å²) in [5.74, 6) is 0. The molecule has 0 radical (unpaired) electrons. The van der Waals surface area contributed by atoms with Gasteiger partial charge in [0.25, 0.3) is 0 Å². The summed E-state index contributed by atoms with van der Waals surface area (Å²) in [4.78, 5) is 0. The summed E-state index contributed by atoms with van der Waals surface area (Å²) in [6, 6.07) is 17.4. The normalized spacial score (nSPS) is 12.1. The van der Waals surface area contributed by atoms with Crippen LogP contribution in [0.25, 0.3) is 21.8 Å². The fourth-order valence-electron chi connectivity index (χ4n) is 2.25. The second-order valence-corrected chi connectivity index (χ2v) is 5.35. The highest BCUT2D eigenvalue weighted by Crippen LogP contribution is 2.34. The van der Waals surface area contributed by atoms with Crippen molar-refractivity contribution in [3.8, 4) is 0 Å². The molecule has 80 valence electrons. The van der Waals surface area contributed by atoms with Gasteiger partial charge in [-0.15, -0.1) is 0 Å². The number of fused-ring (bicyclic) bond motifs is 3. The molecule has 1 aromatic heterocycles. The minimum atomic E-state index is 0.836. The quantitative estimate of drug-likeness (QED) is 0.576. The Balaban J connectivity index is 2.49. The average Bonchev–Trinajstić information content (AvgIpc) is 2.66. The number of rotatable bonds is 2. The molecule has 16 heavy (non-hydrogen) atoms. The molecule has 1 heterocycles. The van der Waals surface area contributed by atoms with Crippen molar-refractivity contribution in [3.63, 3.8) is 0 Å². The van der Waals surface area contributed by atoms with Gasteiger partial charge >= 0.3 is 0 Å². The van der Waals surface area contributed by atoms with Crippen LogP contribution >= 0.6 is 8.73 Å². The largest absolute Gasteiger partial charge is 0.322 e. The zero-order valence-electron chi connectivity index (χ0n) is 9.27. The molecule has 0 aliphatic carbocycles. The van der Waals surface area contributed by atoms with Gasteiger partial charge in [-0.25, -0.2) is 0 Å². The van der Waals surface area contributed by atoms with Crippen molar-refractivity contribution >= 4 is 30.5 Å². The Hall–Kier alpha value is -1.33. The van der Waals surface area contributed by atoms with Crippen LogP contribution < -0.4 is 0 Å². The first-order valence-electron chi connectivity index (χ1n) is 5.64. The summed E-state index contributed by atoms with van der Waals surface area (Å²) in [5, 5.41) is 2.75. The molecule has 0 spiro atoms. The first kappa shape index (κ1) is 9.86. The lowest BCUT2D eigenvalue weighted by atomic mass is 10.2. The van der Waals surface area contributed by atoms with Crippen LogP contribution in [0, 0.1) is 0 Å². The third-order valence-electron chi connectivity index (χ3n) is 2.90. The molecule has 3 aromatic rings. The lowest BCUT2D eigenvalue weighted by Gasteiger charge is -2.04. The molecule has 2 aromatic carbocycles. The van der Waals surface area contributed by atoms with E-state index < -0.39 is 0 Å². The molecule has 0 fully saturated rings. The first-order valence-corrected chi connectivity index (χ1v) is 6.79. The van der Waals surface area contributed by atoms with E-state index in [1.807, 2.05) is 0 Å². The van der Waals surface area contributed by atoms with E-state index in [9.17, 15) is 0 Å². The second-order valence-electron chi connectivity index (χ2n) is 3.88. The number of para-hydroxylation sites is 2.